The first kappa shape index (κ1) is 13.0. The predicted octanol–water partition coefficient (Wildman–Crippen LogP) is 2.65. The number of carboxylic acid groups (broad SMARTS) is 1. The Bertz CT molecular complexity index is 627. The number of hydrogen-bond donors (Lipinski definition) is 1. The van der Waals surface area contributed by atoms with Gasteiger partial charge in [-0.2, -0.15) is 0 Å². The fraction of sp³-hybridized carbons (Fsp3) is 0.143. The summed E-state index contributed by atoms with van der Waals surface area (Å²) in [6.07, 6.45) is 1.52. The Kier molecular flexibility index (Phi) is 3.46. The summed E-state index contributed by atoms with van der Waals surface area (Å²) in [5, 5.41) is 9.37. The van der Waals surface area contributed by atoms with Gasteiger partial charge in [0.1, 0.15) is 17.2 Å². The van der Waals surface area contributed by atoms with E-state index >= 15 is 0 Å². The molecule has 1 aromatic heterocycles. The van der Waals surface area contributed by atoms with E-state index in [1.54, 1.807) is 37.2 Å². The van der Waals surface area contributed by atoms with Crippen molar-refractivity contribution in [2.75, 3.05) is 19.0 Å². The van der Waals surface area contributed by atoms with E-state index < -0.39 is 11.8 Å². The lowest BCUT2D eigenvalue weighted by atomic mass is 10.0. The van der Waals surface area contributed by atoms with Gasteiger partial charge in [-0.15, -0.1) is 0 Å². The normalized spacial score (nSPS) is 10.3. The SMILES string of the molecule is CN(C)c1nccc(-c2cccc(F)c2)c1C(=O)O. The Morgan fingerprint density at radius 3 is 2.63 bits per heavy atom. The van der Waals surface area contributed by atoms with Crippen molar-refractivity contribution >= 4 is 11.8 Å². The van der Waals surface area contributed by atoms with Gasteiger partial charge in [0.15, 0.2) is 0 Å². The summed E-state index contributed by atoms with van der Waals surface area (Å²) in [6, 6.07) is 7.42. The average Bonchev–Trinajstić information content (AvgIpc) is 2.37. The van der Waals surface area contributed by atoms with Crippen molar-refractivity contribution < 1.29 is 14.3 Å². The number of rotatable bonds is 3. The van der Waals surface area contributed by atoms with E-state index in [0.717, 1.165) is 0 Å². The zero-order valence-corrected chi connectivity index (χ0v) is 10.6. The lowest BCUT2D eigenvalue weighted by molar-refractivity contribution is 0.0698. The Morgan fingerprint density at radius 2 is 2.05 bits per heavy atom. The third kappa shape index (κ3) is 2.54. The van der Waals surface area contributed by atoms with Crippen molar-refractivity contribution in [3.63, 3.8) is 0 Å². The van der Waals surface area contributed by atoms with Crippen LogP contribution in [0.15, 0.2) is 36.5 Å². The molecule has 1 heterocycles. The maximum absolute atomic E-state index is 13.3. The fourth-order valence-electron chi connectivity index (χ4n) is 1.90. The topological polar surface area (TPSA) is 53.4 Å². The number of aromatic carboxylic acids is 1. The van der Waals surface area contributed by atoms with E-state index in [-0.39, 0.29) is 5.56 Å². The molecule has 2 rings (SSSR count). The molecule has 1 aromatic carbocycles. The molecule has 0 bridgehead atoms. The van der Waals surface area contributed by atoms with Gasteiger partial charge in [-0.1, -0.05) is 12.1 Å². The number of halogens is 1. The number of anilines is 1. The van der Waals surface area contributed by atoms with Gasteiger partial charge in [0.2, 0.25) is 0 Å². The van der Waals surface area contributed by atoms with E-state index in [9.17, 15) is 14.3 Å². The first-order valence-corrected chi connectivity index (χ1v) is 5.66. The van der Waals surface area contributed by atoms with Gasteiger partial charge in [0.05, 0.1) is 0 Å². The van der Waals surface area contributed by atoms with E-state index in [1.807, 2.05) is 0 Å². The minimum Gasteiger partial charge on any atom is -0.478 e. The first-order valence-electron chi connectivity index (χ1n) is 5.66. The van der Waals surface area contributed by atoms with Crippen LogP contribution in [0.2, 0.25) is 0 Å². The van der Waals surface area contributed by atoms with Gasteiger partial charge < -0.3 is 10.0 Å². The maximum Gasteiger partial charge on any atom is 0.340 e. The number of carbonyl (C=O) groups is 1. The molecular formula is C14H13FN2O2. The summed E-state index contributed by atoms with van der Waals surface area (Å²) in [5.41, 5.74) is 1.03. The first-order chi connectivity index (χ1) is 9.00. The van der Waals surface area contributed by atoms with Crippen LogP contribution in [0.5, 0.6) is 0 Å². The Morgan fingerprint density at radius 1 is 1.32 bits per heavy atom. The van der Waals surface area contributed by atoms with Crippen LogP contribution in [0.4, 0.5) is 10.2 Å². The Balaban J connectivity index is 2.70. The van der Waals surface area contributed by atoms with Crippen molar-refractivity contribution in [2.24, 2.45) is 0 Å². The number of benzene rings is 1. The number of nitrogens with zero attached hydrogens (tertiary/aromatic N) is 2. The quantitative estimate of drug-likeness (QED) is 0.921. The zero-order chi connectivity index (χ0) is 14.0. The minimum atomic E-state index is -1.09. The number of aromatic nitrogens is 1. The van der Waals surface area contributed by atoms with E-state index in [1.165, 1.54) is 18.3 Å². The number of hydrogen-bond acceptors (Lipinski definition) is 3. The van der Waals surface area contributed by atoms with E-state index in [0.29, 0.717) is 16.9 Å². The Hall–Kier alpha value is -2.43. The molecule has 0 atom stereocenters. The molecule has 0 aliphatic carbocycles. The van der Waals surface area contributed by atoms with Crippen LogP contribution in [-0.4, -0.2) is 30.2 Å². The molecule has 98 valence electrons. The second-order valence-electron chi connectivity index (χ2n) is 4.27. The lowest BCUT2D eigenvalue weighted by Crippen LogP contribution is -2.16. The predicted molar refractivity (Wildman–Crippen MR) is 70.9 cm³/mol. The van der Waals surface area contributed by atoms with Crippen molar-refractivity contribution in [1.29, 1.82) is 0 Å². The molecule has 0 amide bonds. The molecule has 1 N–H and O–H groups in total. The van der Waals surface area contributed by atoms with Gasteiger partial charge in [-0.3, -0.25) is 0 Å². The molecule has 0 radical (unpaired) electrons. The molecule has 19 heavy (non-hydrogen) atoms. The highest BCUT2D eigenvalue weighted by molar-refractivity contribution is 6.00. The molecule has 0 saturated heterocycles. The van der Waals surface area contributed by atoms with Crippen LogP contribution >= 0.6 is 0 Å². The minimum absolute atomic E-state index is 0.0677. The molecule has 5 heteroatoms. The van der Waals surface area contributed by atoms with Gasteiger partial charge in [-0.05, 0) is 23.8 Å². The fourth-order valence-corrected chi connectivity index (χ4v) is 1.90. The molecule has 4 nitrogen and oxygen atoms in total. The highest BCUT2D eigenvalue weighted by atomic mass is 19.1. The van der Waals surface area contributed by atoms with Crippen LogP contribution < -0.4 is 4.90 Å². The molecule has 2 aromatic rings. The van der Waals surface area contributed by atoms with Crippen LogP contribution in [0.25, 0.3) is 11.1 Å². The van der Waals surface area contributed by atoms with Crippen LogP contribution in [0.3, 0.4) is 0 Å². The summed E-state index contributed by atoms with van der Waals surface area (Å²) >= 11 is 0. The van der Waals surface area contributed by atoms with Crippen LogP contribution in [0.1, 0.15) is 10.4 Å². The standard InChI is InChI=1S/C14H13FN2O2/c1-17(2)13-12(14(18)19)11(6-7-16-13)9-4-3-5-10(15)8-9/h3-8H,1-2H3,(H,18,19). The summed E-state index contributed by atoms with van der Waals surface area (Å²) in [6.45, 7) is 0. The maximum atomic E-state index is 13.3. The highest BCUT2D eigenvalue weighted by Gasteiger charge is 2.19. The summed E-state index contributed by atoms with van der Waals surface area (Å²) < 4.78 is 13.3. The monoisotopic (exact) mass is 260 g/mol. The van der Waals surface area contributed by atoms with Crippen molar-refractivity contribution in [2.45, 2.75) is 0 Å². The van der Waals surface area contributed by atoms with E-state index in [2.05, 4.69) is 4.98 Å². The van der Waals surface area contributed by atoms with Crippen LogP contribution in [0, 0.1) is 5.82 Å². The summed E-state index contributed by atoms with van der Waals surface area (Å²) in [4.78, 5) is 17.1. The highest BCUT2D eigenvalue weighted by Crippen LogP contribution is 2.29. The third-order valence-corrected chi connectivity index (χ3v) is 2.70. The second-order valence-corrected chi connectivity index (χ2v) is 4.27. The molecular weight excluding hydrogens is 247 g/mol. The van der Waals surface area contributed by atoms with Gasteiger partial charge in [-0.25, -0.2) is 14.2 Å². The zero-order valence-electron chi connectivity index (χ0n) is 10.6. The molecule has 0 saturated carbocycles. The van der Waals surface area contributed by atoms with Crippen LogP contribution in [-0.2, 0) is 0 Å². The van der Waals surface area contributed by atoms with Gasteiger partial charge in [0.25, 0.3) is 0 Å². The number of pyridine rings is 1. The third-order valence-electron chi connectivity index (χ3n) is 2.70. The largest absolute Gasteiger partial charge is 0.478 e. The van der Waals surface area contributed by atoms with Gasteiger partial charge >= 0.3 is 5.97 Å². The summed E-state index contributed by atoms with van der Waals surface area (Å²) in [5.74, 6) is -1.15. The molecule has 0 aliphatic heterocycles. The van der Waals surface area contributed by atoms with E-state index in [4.69, 9.17) is 0 Å². The molecule has 0 fully saturated rings. The molecule has 0 spiro atoms. The number of carboxylic acids is 1. The lowest BCUT2D eigenvalue weighted by Gasteiger charge is -2.16. The van der Waals surface area contributed by atoms with Crippen molar-refractivity contribution in [3.05, 3.63) is 47.9 Å². The molecule has 0 aliphatic rings. The summed E-state index contributed by atoms with van der Waals surface area (Å²) in [7, 11) is 3.42. The average molecular weight is 260 g/mol. The van der Waals surface area contributed by atoms with Gasteiger partial charge in [0, 0.05) is 25.9 Å². The second kappa shape index (κ2) is 5.06. The van der Waals surface area contributed by atoms with Crippen molar-refractivity contribution in [1.82, 2.24) is 4.98 Å². The Labute approximate surface area is 110 Å². The smallest absolute Gasteiger partial charge is 0.340 e. The molecule has 0 unspecified atom stereocenters. The van der Waals surface area contributed by atoms with Crippen molar-refractivity contribution in [3.8, 4) is 11.1 Å².